The number of carbonyl (C=O) groups excluding carboxylic acids is 1. The van der Waals surface area contributed by atoms with Crippen molar-refractivity contribution in [2.75, 3.05) is 13.6 Å². The Hall–Kier alpha value is -1.98. The molecule has 11 heteroatoms. The van der Waals surface area contributed by atoms with Gasteiger partial charge in [-0.25, -0.2) is 18.1 Å². The van der Waals surface area contributed by atoms with Gasteiger partial charge in [-0.2, -0.15) is 13.2 Å². The van der Waals surface area contributed by atoms with Crippen molar-refractivity contribution >= 4 is 27.3 Å². The largest absolute Gasteiger partial charge is 0.390 e. The molecule has 26 heavy (non-hydrogen) atoms. The summed E-state index contributed by atoms with van der Waals surface area (Å²) in [6.45, 7) is -0.720. The smallest absolute Gasteiger partial charge is 0.359 e. The van der Waals surface area contributed by atoms with Crippen LogP contribution < -0.4 is 10.0 Å². The van der Waals surface area contributed by atoms with Gasteiger partial charge in [0.05, 0.1) is 23.4 Å². The first-order valence-corrected chi connectivity index (χ1v) is 9.79. The highest BCUT2D eigenvalue weighted by Gasteiger charge is 2.27. The van der Waals surface area contributed by atoms with E-state index < -0.39 is 29.2 Å². The number of benzene rings is 1. The normalized spacial score (nSPS) is 12.2. The van der Waals surface area contributed by atoms with Crippen LogP contribution in [0.3, 0.4) is 0 Å². The van der Waals surface area contributed by atoms with Crippen molar-refractivity contribution in [1.82, 2.24) is 15.0 Å². The van der Waals surface area contributed by atoms with Crippen LogP contribution in [0.2, 0.25) is 0 Å². The van der Waals surface area contributed by atoms with Gasteiger partial charge in [-0.15, -0.1) is 11.3 Å². The molecule has 0 aliphatic rings. The summed E-state index contributed by atoms with van der Waals surface area (Å²) in [4.78, 5) is 15.5. The van der Waals surface area contributed by atoms with Crippen molar-refractivity contribution in [1.29, 1.82) is 0 Å². The summed E-state index contributed by atoms with van der Waals surface area (Å²) in [5.41, 5.74) is 1.22. The summed E-state index contributed by atoms with van der Waals surface area (Å²) in [7, 11) is -2.49. The molecule has 0 saturated heterocycles. The van der Waals surface area contributed by atoms with Gasteiger partial charge >= 0.3 is 6.18 Å². The topological polar surface area (TPSA) is 88.2 Å². The molecular weight excluding hydrogens is 391 g/mol. The highest BCUT2D eigenvalue weighted by atomic mass is 32.2. The molecule has 142 valence electrons. The van der Waals surface area contributed by atoms with Crippen LogP contribution in [0.25, 0.3) is 11.3 Å². The molecule has 0 fully saturated rings. The van der Waals surface area contributed by atoms with Gasteiger partial charge in [0.25, 0.3) is 0 Å². The molecule has 2 aromatic rings. The van der Waals surface area contributed by atoms with Crippen LogP contribution in [0.5, 0.6) is 0 Å². The number of thiazole rings is 1. The molecule has 0 atom stereocenters. The second-order valence-corrected chi connectivity index (χ2v) is 7.97. The molecule has 0 bridgehead atoms. The van der Waals surface area contributed by atoms with Gasteiger partial charge in [0.1, 0.15) is 5.01 Å². The molecule has 2 N–H and O–H groups in total. The van der Waals surface area contributed by atoms with Crippen molar-refractivity contribution in [3.05, 3.63) is 34.7 Å². The molecule has 2 rings (SSSR count). The zero-order valence-electron chi connectivity index (χ0n) is 13.6. The van der Waals surface area contributed by atoms with Crippen LogP contribution in [0, 0.1) is 0 Å². The van der Waals surface area contributed by atoms with Gasteiger partial charge in [0, 0.05) is 24.5 Å². The third kappa shape index (κ3) is 5.78. The number of sulfonamides is 1. The monoisotopic (exact) mass is 407 g/mol. The zero-order chi connectivity index (χ0) is 19.4. The fourth-order valence-corrected chi connectivity index (χ4v) is 3.80. The maximum atomic E-state index is 12.1. The zero-order valence-corrected chi connectivity index (χ0v) is 15.3. The van der Waals surface area contributed by atoms with E-state index in [4.69, 9.17) is 0 Å². The number of nitrogens with zero attached hydrogens (tertiary/aromatic N) is 1. The van der Waals surface area contributed by atoms with Crippen molar-refractivity contribution in [2.24, 2.45) is 0 Å². The van der Waals surface area contributed by atoms with Crippen LogP contribution >= 0.6 is 11.3 Å². The minimum atomic E-state index is -4.43. The van der Waals surface area contributed by atoms with Crippen LogP contribution in [-0.4, -0.2) is 39.1 Å². The lowest BCUT2D eigenvalue weighted by molar-refractivity contribution is -0.132. The van der Waals surface area contributed by atoms with Gasteiger partial charge in [-0.05, 0) is 12.1 Å². The summed E-state index contributed by atoms with van der Waals surface area (Å²) in [6.07, 6.45) is -5.52. The minimum absolute atomic E-state index is 0.135. The number of rotatable bonds is 7. The Bertz CT molecular complexity index is 862. The molecule has 0 spiro atoms. The van der Waals surface area contributed by atoms with Gasteiger partial charge < -0.3 is 5.32 Å². The third-order valence-electron chi connectivity index (χ3n) is 3.30. The lowest BCUT2D eigenvalue weighted by atomic mass is 10.2. The van der Waals surface area contributed by atoms with E-state index in [2.05, 4.69) is 10.3 Å². The molecule has 6 nitrogen and oxygen atoms in total. The molecule has 1 heterocycles. The molecule has 0 radical (unpaired) electrons. The second kappa shape index (κ2) is 8.14. The number of halogens is 3. The Morgan fingerprint density at radius 1 is 1.23 bits per heavy atom. The number of alkyl halides is 3. The molecule has 1 aromatic heterocycles. The highest BCUT2D eigenvalue weighted by molar-refractivity contribution is 7.89. The molecule has 1 aromatic carbocycles. The van der Waals surface area contributed by atoms with Crippen molar-refractivity contribution in [3.8, 4) is 11.3 Å². The second-order valence-electron chi connectivity index (χ2n) is 5.26. The van der Waals surface area contributed by atoms with E-state index in [0.29, 0.717) is 16.3 Å². The Morgan fingerprint density at radius 3 is 2.46 bits per heavy atom. The fraction of sp³-hybridized carbons (Fsp3) is 0.333. The third-order valence-corrected chi connectivity index (χ3v) is 5.63. The van der Waals surface area contributed by atoms with Crippen LogP contribution in [0.1, 0.15) is 11.4 Å². The number of hydrogen-bond acceptors (Lipinski definition) is 5. The van der Waals surface area contributed by atoms with Crippen LogP contribution in [0.4, 0.5) is 13.2 Å². The number of amides is 1. The first kappa shape index (κ1) is 20.3. The molecular formula is C15H16F3N3O3S2. The van der Waals surface area contributed by atoms with Crippen molar-refractivity contribution < 1.29 is 26.4 Å². The van der Waals surface area contributed by atoms with E-state index in [-0.39, 0.29) is 17.2 Å². The Balaban J connectivity index is 2.07. The van der Waals surface area contributed by atoms with Crippen LogP contribution in [0.15, 0.2) is 34.5 Å². The predicted octanol–water partition coefficient (Wildman–Crippen LogP) is 2.33. The standard InChI is InChI=1S/C15H16F3N3O3S2/c1-19-13(22)8-14-21-12(9-25-14)10-2-4-11(5-3-10)26(23,24)20-7-6-15(16,17)18/h2-5,9,20H,6-8H2,1H3,(H,19,22). The number of hydrogen-bond donors (Lipinski definition) is 2. The fourth-order valence-electron chi connectivity index (χ4n) is 1.97. The van der Waals surface area contributed by atoms with Gasteiger partial charge in [-0.1, -0.05) is 12.1 Å². The first-order chi connectivity index (χ1) is 12.1. The van der Waals surface area contributed by atoms with E-state index >= 15 is 0 Å². The predicted molar refractivity (Wildman–Crippen MR) is 91.2 cm³/mol. The van der Waals surface area contributed by atoms with E-state index in [1.807, 2.05) is 4.72 Å². The molecule has 0 aliphatic carbocycles. The quantitative estimate of drug-likeness (QED) is 0.737. The van der Waals surface area contributed by atoms with E-state index in [9.17, 15) is 26.4 Å². The average Bonchev–Trinajstić information content (AvgIpc) is 3.02. The first-order valence-electron chi connectivity index (χ1n) is 7.42. The molecule has 0 saturated carbocycles. The Kier molecular flexibility index (Phi) is 6.37. The molecule has 0 aliphatic heterocycles. The summed E-state index contributed by atoms with van der Waals surface area (Å²) < 4.78 is 62.2. The average molecular weight is 407 g/mol. The Morgan fingerprint density at radius 2 is 1.88 bits per heavy atom. The minimum Gasteiger partial charge on any atom is -0.359 e. The van der Waals surface area contributed by atoms with Gasteiger partial charge in [0.2, 0.25) is 15.9 Å². The SMILES string of the molecule is CNC(=O)Cc1nc(-c2ccc(S(=O)(=O)NCCC(F)(F)F)cc2)cs1. The van der Waals surface area contributed by atoms with E-state index in [1.165, 1.54) is 42.6 Å². The Labute approximate surface area is 152 Å². The summed E-state index contributed by atoms with van der Waals surface area (Å²) in [5.74, 6) is -0.169. The van der Waals surface area contributed by atoms with Crippen molar-refractivity contribution in [2.45, 2.75) is 23.9 Å². The van der Waals surface area contributed by atoms with Gasteiger partial charge in [0.15, 0.2) is 0 Å². The lowest BCUT2D eigenvalue weighted by Gasteiger charge is -2.09. The van der Waals surface area contributed by atoms with Crippen LogP contribution in [-0.2, 0) is 21.2 Å². The van der Waals surface area contributed by atoms with Gasteiger partial charge in [-0.3, -0.25) is 4.79 Å². The van der Waals surface area contributed by atoms with E-state index in [1.54, 1.807) is 5.38 Å². The lowest BCUT2D eigenvalue weighted by Crippen LogP contribution is -2.28. The number of likely N-dealkylation sites (N-methyl/N-ethyl adjacent to an activating group) is 1. The highest BCUT2D eigenvalue weighted by Crippen LogP contribution is 2.24. The summed E-state index contributed by atoms with van der Waals surface area (Å²) in [5, 5.41) is 4.85. The van der Waals surface area contributed by atoms with E-state index in [0.717, 1.165) is 0 Å². The summed E-state index contributed by atoms with van der Waals surface area (Å²) in [6, 6.07) is 5.61. The van der Waals surface area contributed by atoms with Crippen molar-refractivity contribution in [3.63, 3.8) is 0 Å². The number of nitrogens with one attached hydrogen (secondary N) is 2. The molecule has 1 amide bonds. The molecule has 0 unspecified atom stereocenters. The maximum Gasteiger partial charge on any atom is 0.390 e. The number of aromatic nitrogens is 1. The summed E-state index contributed by atoms with van der Waals surface area (Å²) >= 11 is 1.30. The number of carbonyl (C=O) groups is 1. The maximum absolute atomic E-state index is 12.1.